The molecule has 7 heteroatoms. The third-order valence-electron chi connectivity index (χ3n) is 2.09. The first kappa shape index (κ1) is 12.1. The van der Waals surface area contributed by atoms with Crippen LogP contribution in [0.15, 0.2) is 12.1 Å². The molecule has 0 fully saturated rings. The van der Waals surface area contributed by atoms with E-state index in [4.69, 9.17) is 11.6 Å². The molecular weight excluding hydrogens is 260 g/mol. The van der Waals surface area contributed by atoms with E-state index in [1.165, 1.54) is 11.3 Å². The van der Waals surface area contributed by atoms with Crippen molar-refractivity contribution >= 4 is 28.8 Å². The lowest BCUT2D eigenvalue weighted by Gasteiger charge is -2.00. The zero-order valence-corrected chi connectivity index (χ0v) is 10.7. The first-order valence-corrected chi connectivity index (χ1v) is 6.26. The molecule has 2 aromatic heterocycles. The van der Waals surface area contributed by atoms with Gasteiger partial charge in [-0.2, -0.15) is 0 Å². The molecule has 1 amide bonds. The topological polar surface area (TPSA) is 70.7 Å². The normalized spacial score (nSPS) is 10.5. The average Bonchev–Trinajstić information content (AvgIpc) is 2.88. The van der Waals surface area contributed by atoms with Crippen molar-refractivity contribution in [2.24, 2.45) is 0 Å². The Bertz CT molecular complexity index is 522. The van der Waals surface area contributed by atoms with Gasteiger partial charge in [-0.15, -0.1) is 16.4 Å². The van der Waals surface area contributed by atoms with E-state index in [2.05, 4.69) is 20.5 Å². The van der Waals surface area contributed by atoms with Crippen molar-refractivity contribution in [3.63, 3.8) is 0 Å². The summed E-state index contributed by atoms with van der Waals surface area (Å²) < 4.78 is 0.760. The average molecular weight is 271 g/mol. The van der Waals surface area contributed by atoms with Gasteiger partial charge in [-0.3, -0.25) is 9.89 Å². The number of carbonyl (C=O) groups excluding carboxylic acids is 1. The minimum absolute atomic E-state index is 0.173. The third kappa shape index (κ3) is 3.28. The van der Waals surface area contributed by atoms with Crippen LogP contribution in [0.25, 0.3) is 0 Å². The Balaban J connectivity index is 1.81. The third-order valence-corrected chi connectivity index (χ3v) is 3.38. The Kier molecular flexibility index (Phi) is 3.75. The van der Waals surface area contributed by atoms with E-state index < -0.39 is 0 Å². The molecule has 0 aromatic carbocycles. The highest BCUT2D eigenvalue weighted by Gasteiger charge is 2.10. The van der Waals surface area contributed by atoms with Gasteiger partial charge < -0.3 is 5.32 Å². The summed E-state index contributed by atoms with van der Waals surface area (Å²) in [6.45, 7) is 2.29. The van der Waals surface area contributed by atoms with E-state index in [-0.39, 0.29) is 11.7 Å². The van der Waals surface area contributed by atoms with Crippen LogP contribution in [0.1, 0.15) is 21.3 Å². The van der Waals surface area contributed by atoms with Gasteiger partial charge >= 0.3 is 0 Å². The fourth-order valence-electron chi connectivity index (χ4n) is 1.31. The lowest BCUT2D eigenvalue weighted by atomic mass is 10.3. The molecule has 2 heterocycles. The number of amides is 1. The van der Waals surface area contributed by atoms with Crippen molar-refractivity contribution in [1.29, 1.82) is 0 Å². The Hall–Kier alpha value is -1.40. The predicted molar refractivity (Wildman–Crippen MR) is 66.5 cm³/mol. The molecule has 0 aliphatic heterocycles. The summed E-state index contributed by atoms with van der Waals surface area (Å²) in [5, 5.41) is 9.15. The fourth-order valence-corrected chi connectivity index (χ4v) is 2.40. The highest BCUT2D eigenvalue weighted by atomic mass is 35.5. The van der Waals surface area contributed by atoms with Gasteiger partial charge in [0, 0.05) is 11.4 Å². The van der Waals surface area contributed by atoms with Crippen LogP contribution in [0.4, 0.5) is 0 Å². The standard InChI is InChI=1S/C10H11ClN4OS/c1-6-13-9(15-14-6)10(16)12-5-4-7-2-3-8(11)17-7/h2-3H,4-5H2,1H3,(H,12,16)(H,13,14,15). The molecule has 2 aromatic rings. The maximum Gasteiger partial charge on any atom is 0.290 e. The van der Waals surface area contributed by atoms with Crippen molar-refractivity contribution in [3.8, 4) is 0 Å². The van der Waals surface area contributed by atoms with E-state index in [0.29, 0.717) is 12.4 Å². The molecule has 0 spiro atoms. The minimum Gasteiger partial charge on any atom is -0.349 e. The van der Waals surface area contributed by atoms with Crippen molar-refractivity contribution in [2.45, 2.75) is 13.3 Å². The highest BCUT2D eigenvalue weighted by molar-refractivity contribution is 7.16. The Morgan fingerprint density at radius 1 is 1.59 bits per heavy atom. The largest absolute Gasteiger partial charge is 0.349 e. The summed E-state index contributed by atoms with van der Waals surface area (Å²) in [5.74, 6) is 0.531. The van der Waals surface area contributed by atoms with Crippen LogP contribution in [0.3, 0.4) is 0 Å². The van der Waals surface area contributed by atoms with Gasteiger partial charge in [-0.25, -0.2) is 4.98 Å². The molecule has 5 nitrogen and oxygen atoms in total. The summed E-state index contributed by atoms with van der Waals surface area (Å²) in [6.07, 6.45) is 0.756. The Morgan fingerprint density at radius 3 is 3.00 bits per heavy atom. The minimum atomic E-state index is -0.267. The van der Waals surface area contributed by atoms with E-state index in [9.17, 15) is 4.79 Å². The van der Waals surface area contributed by atoms with Crippen LogP contribution in [0.5, 0.6) is 0 Å². The molecule has 0 bridgehead atoms. The Morgan fingerprint density at radius 2 is 2.41 bits per heavy atom. The first-order valence-electron chi connectivity index (χ1n) is 5.06. The number of rotatable bonds is 4. The molecule has 0 saturated heterocycles. The summed E-state index contributed by atoms with van der Waals surface area (Å²) in [7, 11) is 0. The van der Waals surface area contributed by atoms with Crippen LogP contribution in [0, 0.1) is 6.92 Å². The summed E-state index contributed by atoms with van der Waals surface area (Å²) in [5.41, 5.74) is 0. The number of carbonyl (C=O) groups is 1. The fraction of sp³-hybridized carbons (Fsp3) is 0.300. The van der Waals surface area contributed by atoms with Crippen LogP contribution in [0.2, 0.25) is 4.34 Å². The van der Waals surface area contributed by atoms with Crippen LogP contribution < -0.4 is 5.32 Å². The summed E-state index contributed by atoms with van der Waals surface area (Å²) in [4.78, 5) is 16.7. The van der Waals surface area contributed by atoms with Crippen LogP contribution >= 0.6 is 22.9 Å². The molecule has 2 N–H and O–H groups in total. The van der Waals surface area contributed by atoms with Gasteiger partial charge in [0.15, 0.2) is 0 Å². The number of aromatic amines is 1. The van der Waals surface area contributed by atoms with Gasteiger partial charge in [0.1, 0.15) is 5.82 Å². The molecule has 0 aliphatic rings. The highest BCUT2D eigenvalue weighted by Crippen LogP contribution is 2.21. The molecule has 2 rings (SSSR count). The second kappa shape index (κ2) is 5.29. The van der Waals surface area contributed by atoms with Crippen molar-refractivity contribution < 1.29 is 4.79 Å². The second-order valence-corrected chi connectivity index (χ2v) is 5.26. The van der Waals surface area contributed by atoms with Gasteiger partial charge in [0.25, 0.3) is 5.91 Å². The summed E-state index contributed by atoms with van der Waals surface area (Å²) >= 11 is 7.32. The SMILES string of the molecule is Cc1nc(C(=O)NCCc2ccc(Cl)s2)n[nH]1. The number of nitrogens with zero attached hydrogens (tertiary/aromatic N) is 2. The molecule has 0 unspecified atom stereocenters. The first-order chi connectivity index (χ1) is 8.15. The predicted octanol–water partition coefficient (Wildman–Crippen LogP) is 1.80. The number of hydrogen-bond acceptors (Lipinski definition) is 4. The van der Waals surface area contributed by atoms with Gasteiger partial charge in [0.05, 0.1) is 4.34 Å². The van der Waals surface area contributed by atoms with Gasteiger partial charge in [-0.1, -0.05) is 11.6 Å². The molecule has 0 saturated carbocycles. The molecule has 17 heavy (non-hydrogen) atoms. The number of nitrogens with one attached hydrogen (secondary N) is 2. The number of H-pyrrole nitrogens is 1. The van der Waals surface area contributed by atoms with Crippen molar-refractivity contribution in [1.82, 2.24) is 20.5 Å². The van der Waals surface area contributed by atoms with Crippen LogP contribution in [-0.4, -0.2) is 27.6 Å². The zero-order valence-electron chi connectivity index (χ0n) is 9.16. The quantitative estimate of drug-likeness (QED) is 0.890. The molecule has 0 radical (unpaired) electrons. The van der Waals surface area contributed by atoms with Gasteiger partial charge in [0.2, 0.25) is 5.82 Å². The van der Waals surface area contributed by atoms with Gasteiger partial charge in [-0.05, 0) is 25.5 Å². The number of halogens is 1. The Labute approximate surface area is 107 Å². The molecule has 0 atom stereocenters. The van der Waals surface area contributed by atoms with E-state index in [0.717, 1.165) is 15.6 Å². The van der Waals surface area contributed by atoms with E-state index in [1.54, 1.807) is 6.92 Å². The maximum atomic E-state index is 11.6. The van der Waals surface area contributed by atoms with Crippen LogP contribution in [-0.2, 0) is 6.42 Å². The lowest BCUT2D eigenvalue weighted by Crippen LogP contribution is -2.26. The number of thiophene rings is 1. The number of aromatic nitrogens is 3. The van der Waals surface area contributed by atoms with E-state index >= 15 is 0 Å². The monoisotopic (exact) mass is 270 g/mol. The maximum absolute atomic E-state index is 11.6. The smallest absolute Gasteiger partial charge is 0.290 e. The van der Waals surface area contributed by atoms with Crippen molar-refractivity contribution in [2.75, 3.05) is 6.54 Å². The molecule has 90 valence electrons. The number of hydrogen-bond donors (Lipinski definition) is 2. The lowest BCUT2D eigenvalue weighted by molar-refractivity contribution is 0.0944. The second-order valence-electron chi connectivity index (χ2n) is 3.46. The van der Waals surface area contributed by atoms with E-state index in [1.807, 2.05) is 12.1 Å². The zero-order chi connectivity index (χ0) is 12.3. The molecule has 0 aliphatic carbocycles. The molecular formula is C10H11ClN4OS. The van der Waals surface area contributed by atoms with Crippen molar-refractivity contribution in [3.05, 3.63) is 33.0 Å². The number of aryl methyl sites for hydroxylation is 1. The summed E-state index contributed by atoms with van der Waals surface area (Å²) in [6, 6.07) is 3.80.